The maximum Gasteiger partial charge on any atom is 0.482 e. The molecule has 0 N–H and O–H groups in total. The summed E-state index contributed by atoms with van der Waals surface area (Å²) >= 11 is 0. The van der Waals surface area contributed by atoms with Crippen molar-refractivity contribution < 1.29 is 18.7 Å². The van der Waals surface area contributed by atoms with Gasteiger partial charge in [0.15, 0.2) is 0 Å². The second-order valence-corrected chi connectivity index (χ2v) is 3.75. The van der Waals surface area contributed by atoms with Gasteiger partial charge < -0.3 is 18.7 Å². The van der Waals surface area contributed by atoms with Crippen molar-refractivity contribution >= 4 is 14.6 Å². The monoisotopic (exact) mass is 170 g/mol. The van der Waals surface area contributed by atoms with Gasteiger partial charge in [-0.1, -0.05) is 0 Å². The van der Waals surface area contributed by atoms with E-state index in [2.05, 4.69) is 0 Å². The van der Waals surface area contributed by atoms with Gasteiger partial charge in [-0.3, -0.25) is 0 Å². The van der Waals surface area contributed by atoms with Crippen LogP contribution in [0.3, 0.4) is 0 Å². The fourth-order valence-corrected chi connectivity index (χ4v) is 1.35. The van der Waals surface area contributed by atoms with Crippen LogP contribution in [0.4, 0.5) is 0 Å². The molecule has 1 atom stereocenters. The molecule has 0 aliphatic carbocycles. The number of rotatable bonds is 1. The summed E-state index contributed by atoms with van der Waals surface area (Å²) in [6.07, 6.45) is 0. The Hall–Kier alpha value is -0.0301. The highest BCUT2D eigenvalue weighted by molar-refractivity contribution is 6.61. The standard InChI is InChI=1S/C6H12B2O4/c1-6(2)3-11-8(12-6)5-7-10-4-9-5/h5,7H,3-4H2,1-2H3. The minimum atomic E-state index is -0.248. The molecule has 1 unspecified atom stereocenters. The first-order valence-electron chi connectivity index (χ1n) is 4.16. The molecule has 0 saturated carbocycles. The highest BCUT2D eigenvalue weighted by Gasteiger charge is 2.45. The van der Waals surface area contributed by atoms with Gasteiger partial charge >= 0.3 is 14.6 Å². The summed E-state index contributed by atoms with van der Waals surface area (Å²) in [5.74, 6) is -0.0493. The summed E-state index contributed by atoms with van der Waals surface area (Å²) in [5.41, 5.74) is -0.184. The Balaban J connectivity index is 1.90. The molecule has 2 rings (SSSR count). The van der Waals surface area contributed by atoms with Crippen LogP contribution in [-0.4, -0.2) is 39.5 Å². The van der Waals surface area contributed by atoms with Crippen LogP contribution in [0, 0.1) is 0 Å². The van der Waals surface area contributed by atoms with Crippen molar-refractivity contribution in [2.75, 3.05) is 13.4 Å². The van der Waals surface area contributed by atoms with E-state index in [-0.39, 0.29) is 18.6 Å². The van der Waals surface area contributed by atoms with Crippen molar-refractivity contribution in [3.05, 3.63) is 0 Å². The largest absolute Gasteiger partial charge is 0.482 e. The van der Waals surface area contributed by atoms with Gasteiger partial charge in [-0.25, -0.2) is 0 Å². The highest BCUT2D eigenvalue weighted by atomic mass is 16.7. The Morgan fingerprint density at radius 2 is 2.33 bits per heavy atom. The van der Waals surface area contributed by atoms with Gasteiger partial charge in [0.2, 0.25) is 0 Å². The molecule has 2 saturated heterocycles. The quantitative estimate of drug-likeness (QED) is 0.498. The summed E-state index contributed by atoms with van der Waals surface area (Å²) < 4.78 is 21.3. The number of hydrogen-bond donors (Lipinski definition) is 0. The predicted molar refractivity (Wildman–Crippen MR) is 44.8 cm³/mol. The SMILES string of the molecule is CC1(C)COB(C2BOCO2)O1. The molecule has 66 valence electrons. The Morgan fingerprint density at radius 3 is 2.83 bits per heavy atom. The first-order valence-corrected chi connectivity index (χ1v) is 4.16. The smallest absolute Gasteiger partial charge is 0.416 e. The first-order chi connectivity index (χ1) is 5.67. The van der Waals surface area contributed by atoms with Gasteiger partial charge in [-0.05, 0) is 13.8 Å². The van der Waals surface area contributed by atoms with Crippen LogP contribution in [0.25, 0.3) is 0 Å². The second-order valence-electron chi connectivity index (χ2n) is 3.75. The lowest BCUT2D eigenvalue weighted by Gasteiger charge is -2.16. The molecule has 0 aromatic rings. The van der Waals surface area contributed by atoms with Gasteiger partial charge in [-0.2, -0.15) is 0 Å². The molecular weight excluding hydrogens is 158 g/mol. The molecular formula is C6H12B2O4. The zero-order valence-electron chi connectivity index (χ0n) is 7.41. The van der Waals surface area contributed by atoms with Gasteiger partial charge in [0.25, 0.3) is 0 Å². The lowest BCUT2D eigenvalue weighted by molar-refractivity contribution is 0.0612. The van der Waals surface area contributed by atoms with E-state index >= 15 is 0 Å². The Morgan fingerprint density at radius 1 is 1.50 bits per heavy atom. The lowest BCUT2D eigenvalue weighted by atomic mass is 9.65. The van der Waals surface area contributed by atoms with Crippen LogP contribution in [0.5, 0.6) is 0 Å². The Bertz CT molecular complexity index is 169. The maximum absolute atomic E-state index is 5.61. The van der Waals surface area contributed by atoms with Crippen molar-refractivity contribution in [2.45, 2.75) is 25.4 Å². The molecule has 0 spiro atoms. The molecule has 2 aliphatic rings. The molecule has 2 aliphatic heterocycles. The maximum atomic E-state index is 5.61. The fourth-order valence-electron chi connectivity index (χ4n) is 1.35. The van der Waals surface area contributed by atoms with Crippen molar-refractivity contribution in [3.63, 3.8) is 0 Å². The first kappa shape index (κ1) is 8.56. The zero-order valence-corrected chi connectivity index (χ0v) is 7.41. The predicted octanol–water partition coefficient (Wildman–Crippen LogP) is -0.479. The van der Waals surface area contributed by atoms with Gasteiger partial charge in [0.05, 0.1) is 18.1 Å². The summed E-state index contributed by atoms with van der Waals surface area (Å²) in [6.45, 7) is 4.98. The minimum Gasteiger partial charge on any atom is -0.416 e. The minimum absolute atomic E-state index is 0.0493. The third kappa shape index (κ3) is 1.66. The second kappa shape index (κ2) is 3.03. The Labute approximate surface area is 72.9 Å². The zero-order chi connectivity index (χ0) is 8.60. The lowest BCUT2D eigenvalue weighted by Crippen LogP contribution is -2.37. The van der Waals surface area contributed by atoms with Crippen molar-refractivity contribution in [2.24, 2.45) is 0 Å². The fraction of sp³-hybridized carbons (Fsp3) is 1.00. The van der Waals surface area contributed by atoms with Crippen LogP contribution in [0.1, 0.15) is 13.8 Å². The van der Waals surface area contributed by atoms with E-state index in [9.17, 15) is 0 Å². The average Bonchev–Trinajstić information content (AvgIpc) is 2.55. The van der Waals surface area contributed by atoms with E-state index in [1.54, 1.807) is 0 Å². The summed E-state index contributed by atoms with van der Waals surface area (Å²) in [7, 11) is 0.322. The van der Waals surface area contributed by atoms with Crippen LogP contribution in [0.2, 0.25) is 0 Å². The van der Waals surface area contributed by atoms with E-state index < -0.39 is 0 Å². The van der Waals surface area contributed by atoms with Crippen molar-refractivity contribution in [3.8, 4) is 0 Å². The third-order valence-corrected chi connectivity index (χ3v) is 1.98. The topological polar surface area (TPSA) is 36.9 Å². The molecule has 6 heteroatoms. The molecule has 0 aromatic heterocycles. The number of hydrogen-bond acceptors (Lipinski definition) is 4. The summed E-state index contributed by atoms with van der Waals surface area (Å²) in [5, 5.41) is 0. The van der Waals surface area contributed by atoms with E-state index in [4.69, 9.17) is 18.7 Å². The van der Waals surface area contributed by atoms with E-state index in [0.29, 0.717) is 20.9 Å². The molecule has 2 fully saturated rings. The van der Waals surface area contributed by atoms with Crippen LogP contribution >= 0.6 is 0 Å². The van der Waals surface area contributed by atoms with Crippen LogP contribution in [-0.2, 0) is 18.7 Å². The van der Waals surface area contributed by atoms with E-state index in [0.717, 1.165) is 0 Å². The van der Waals surface area contributed by atoms with Crippen LogP contribution in [0.15, 0.2) is 0 Å². The van der Waals surface area contributed by atoms with E-state index in [1.807, 2.05) is 13.8 Å². The summed E-state index contributed by atoms with van der Waals surface area (Å²) in [4.78, 5) is 0. The molecule has 4 nitrogen and oxygen atoms in total. The molecule has 2 heterocycles. The van der Waals surface area contributed by atoms with Crippen molar-refractivity contribution in [1.29, 1.82) is 0 Å². The van der Waals surface area contributed by atoms with Gasteiger partial charge in [0, 0.05) is 0 Å². The number of ether oxygens (including phenoxy) is 1. The van der Waals surface area contributed by atoms with Crippen LogP contribution < -0.4 is 0 Å². The third-order valence-electron chi connectivity index (χ3n) is 1.98. The molecule has 0 radical (unpaired) electrons. The van der Waals surface area contributed by atoms with E-state index in [1.165, 1.54) is 0 Å². The van der Waals surface area contributed by atoms with Crippen molar-refractivity contribution in [1.82, 2.24) is 0 Å². The molecule has 0 bridgehead atoms. The molecule has 12 heavy (non-hydrogen) atoms. The normalized spacial score (nSPS) is 33.8. The van der Waals surface area contributed by atoms with Gasteiger partial charge in [-0.15, -0.1) is 0 Å². The van der Waals surface area contributed by atoms with Gasteiger partial charge in [0.1, 0.15) is 6.79 Å². The summed E-state index contributed by atoms with van der Waals surface area (Å²) in [6, 6.07) is 0. The molecule has 0 aromatic carbocycles. The molecule has 0 amide bonds. The average molecular weight is 170 g/mol. The highest BCUT2D eigenvalue weighted by Crippen LogP contribution is 2.23. The Kier molecular flexibility index (Phi) is 2.16.